The number of rotatable bonds is 5. The average molecular weight is 454 g/mol. The van der Waals surface area contributed by atoms with Gasteiger partial charge in [-0.25, -0.2) is 4.98 Å². The van der Waals surface area contributed by atoms with Gasteiger partial charge in [0.15, 0.2) is 0 Å². The predicted molar refractivity (Wildman–Crippen MR) is 132 cm³/mol. The van der Waals surface area contributed by atoms with Crippen LogP contribution in [0.15, 0.2) is 42.5 Å². The molecule has 0 spiro atoms. The molecule has 0 unspecified atom stereocenters. The van der Waals surface area contributed by atoms with Crippen molar-refractivity contribution in [1.29, 1.82) is 0 Å². The highest BCUT2D eigenvalue weighted by Gasteiger charge is 2.21. The van der Waals surface area contributed by atoms with E-state index in [2.05, 4.69) is 39.6 Å². The number of aromatic nitrogens is 2. The van der Waals surface area contributed by atoms with E-state index in [1.807, 2.05) is 30.3 Å². The zero-order chi connectivity index (χ0) is 21.2. The number of likely N-dealkylation sites (tertiary alicyclic amines) is 1. The molecule has 32 heavy (non-hydrogen) atoms. The number of carbonyl (C=O) groups is 1. The number of hydrogen-bond donors (Lipinski definition) is 3. The molecule has 0 aliphatic carbocycles. The first-order chi connectivity index (χ1) is 15.2. The molecule has 170 valence electrons. The summed E-state index contributed by atoms with van der Waals surface area (Å²) in [6.07, 6.45) is 4.84. The van der Waals surface area contributed by atoms with Gasteiger partial charge in [-0.05, 0) is 94.1 Å². The van der Waals surface area contributed by atoms with Gasteiger partial charge in [0.1, 0.15) is 5.82 Å². The molecule has 3 N–H and O–H groups in total. The lowest BCUT2D eigenvalue weighted by molar-refractivity contribution is 0.102. The third-order valence-electron chi connectivity index (χ3n) is 6.82. The van der Waals surface area contributed by atoms with Gasteiger partial charge in [-0.15, -0.1) is 12.4 Å². The van der Waals surface area contributed by atoms with E-state index in [0.29, 0.717) is 17.5 Å². The number of H-pyrrole nitrogens is 1. The van der Waals surface area contributed by atoms with Crippen molar-refractivity contribution in [2.45, 2.75) is 51.1 Å². The Hall–Kier alpha value is -2.41. The molecule has 3 aromatic rings. The topological polar surface area (TPSA) is 73.1 Å². The van der Waals surface area contributed by atoms with Crippen molar-refractivity contribution < 1.29 is 4.79 Å². The van der Waals surface area contributed by atoms with E-state index in [9.17, 15) is 4.79 Å². The number of nitrogens with one attached hydrogen (secondary N) is 3. The van der Waals surface area contributed by atoms with Crippen molar-refractivity contribution in [1.82, 2.24) is 20.2 Å². The molecule has 2 aromatic carbocycles. The molecule has 0 radical (unpaired) electrons. The van der Waals surface area contributed by atoms with Crippen molar-refractivity contribution >= 4 is 35.0 Å². The number of imidazole rings is 1. The van der Waals surface area contributed by atoms with Gasteiger partial charge >= 0.3 is 0 Å². The standard InChI is InChI=1S/C25H31N5O.ClH/c1-17-3-2-14-30(17)16-24-28-22-9-8-21(15-23(22)29-24)27-25(31)20-6-4-18(5-7-20)19-10-12-26-13-11-19;/h4-9,15,17,19,26H,2-3,10-14,16H2,1H3,(H,27,31)(H,28,29);1H/t17-;/m0./s1. The highest BCUT2D eigenvalue weighted by molar-refractivity contribution is 6.05. The first-order valence-corrected chi connectivity index (χ1v) is 11.5. The van der Waals surface area contributed by atoms with Crippen LogP contribution in [0.3, 0.4) is 0 Å². The lowest BCUT2D eigenvalue weighted by Gasteiger charge is -2.23. The van der Waals surface area contributed by atoms with Gasteiger partial charge in [0.05, 0.1) is 17.6 Å². The Morgan fingerprint density at radius 2 is 1.91 bits per heavy atom. The summed E-state index contributed by atoms with van der Waals surface area (Å²) in [7, 11) is 0. The first kappa shape index (κ1) is 22.8. The highest BCUT2D eigenvalue weighted by Crippen LogP contribution is 2.26. The van der Waals surface area contributed by atoms with Crippen LogP contribution in [0.2, 0.25) is 0 Å². The summed E-state index contributed by atoms with van der Waals surface area (Å²) in [5, 5.41) is 6.43. The molecule has 2 saturated heterocycles. The predicted octanol–water partition coefficient (Wildman–Crippen LogP) is 4.69. The number of piperidine rings is 1. The molecule has 0 bridgehead atoms. The van der Waals surface area contributed by atoms with Gasteiger partial charge in [0.25, 0.3) is 5.91 Å². The van der Waals surface area contributed by atoms with Crippen molar-refractivity contribution in [2.24, 2.45) is 0 Å². The van der Waals surface area contributed by atoms with Gasteiger partial charge in [-0.2, -0.15) is 0 Å². The molecule has 1 atom stereocenters. The van der Waals surface area contributed by atoms with E-state index in [-0.39, 0.29) is 18.3 Å². The van der Waals surface area contributed by atoms with Crippen LogP contribution in [0.25, 0.3) is 11.0 Å². The van der Waals surface area contributed by atoms with Gasteiger partial charge in [0.2, 0.25) is 0 Å². The Balaban J connectivity index is 0.00000245. The maximum absolute atomic E-state index is 12.8. The Labute approximate surface area is 195 Å². The summed E-state index contributed by atoms with van der Waals surface area (Å²) in [5.74, 6) is 1.50. The van der Waals surface area contributed by atoms with Crippen LogP contribution in [-0.4, -0.2) is 46.5 Å². The van der Waals surface area contributed by atoms with Crippen molar-refractivity contribution in [2.75, 3.05) is 25.0 Å². The van der Waals surface area contributed by atoms with Crippen LogP contribution in [0.1, 0.15) is 60.3 Å². The third kappa shape index (κ3) is 4.98. The molecule has 6 nitrogen and oxygen atoms in total. The van der Waals surface area contributed by atoms with E-state index in [1.54, 1.807) is 0 Å². The van der Waals surface area contributed by atoms with Crippen LogP contribution in [0, 0.1) is 0 Å². The van der Waals surface area contributed by atoms with E-state index in [4.69, 9.17) is 4.98 Å². The molecule has 0 saturated carbocycles. The number of nitrogens with zero attached hydrogens (tertiary/aromatic N) is 2. The minimum atomic E-state index is -0.0816. The van der Waals surface area contributed by atoms with Crippen molar-refractivity contribution in [3.8, 4) is 0 Å². The zero-order valence-corrected chi connectivity index (χ0v) is 19.4. The molecule has 1 amide bonds. The molecular weight excluding hydrogens is 422 g/mol. The Morgan fingerprint density at radius 3 is 2.62 bits per heavy atom. The maximum Gasteiger partial charge on any atom is 0.255 e. The Kier molecular flexibility index (Phi) is 7.13. The fourth-order valence-corrected chi connectivity index (χ4v) is 4.90. The number of anilines is 1. The molecule has 2 aliphatic rings. The lowest BCUT2D eigenvalue weighted by Crippen LogP contribution is -2.26. The molecule has 2 fully saturated rings. The average Bonchev–Trinajstić information content (AvgIpc) is 3.39. The second-order valence-electron chi connectivity index (χ2n) is 8.98. The SMILES string of the molecule is C[C@H]1CCCN1Cc1nc2ccc(NC(=O)c3ccc(C4CCNCC4)cc3)cc2[nH]1.Cl. The van der Waals surface area contributed by atoms with E-state index in [1.165, 1.54) is 18.4 Å². The zero-order valence-electron chi connectivity index (χ0n) is 18.6. The van der Waals surface area contributed by atoms with Gasteiger partial charge < -0.3 is 15.6 Å². The largest absolute Gasteiger partial charge is 0.341 e. The maximum atomic E-state index is 12.8. The summed E-state index contributed by atoms with van der Waals surface area (Å²) in [6, 6.07) is 14.6. The highest BCUT2D eigenvalue weighted by atomic mass is 35.5. The van der Waals surface area contributed by atoms with Crippen LogP contribution in [0.4, 0.5) is 5.69 Å². The number of fused-ring (bicyclic) bond motifs is 1. The van der Waals surface area contributed by atoms with E-state index in [0.717, 1.165) is 61.6 Å². The van der Waals surface area contributed by atoms with Crippen LogP contribution >= 0.6 is 12.4 Å². The van der Waals surface area contributed by atoms with Crippen molar-refractivity contribution in [3.05, 3.63) is 59.4 Å². The minimum Gasteiger partial charge on any atom is -0.341 e. The molecule has 3 heterocycles. The third-order valence-corrected chi connectivity index (χ3v) is 6.82. The van der Waals surface area contributed by atoms with Crippen LogP contribution in [-0.2, 0) is 6.54 Å². The van der Waals surface area contributed by atoms with E-state index >= 15 is 0 Å². The number of aromatic amines is 1. The van der Waals surface area contributed by atoms with Crippen LogP contribution < -0.4 is 10.6 Å². The normalized spacial score (nSPS) is 19.7. The number of halogens is 1. The fourth-order valence-electron chi connectivity index (χ4n) is 4.90. The number of amides is 1. The van der Waals surface area contributed by atoms with Gasteiger partial charge in [0, 0.05) is 17.3 Å². The summed E-state index contributed by atoms with van der Waals surface area (Å²) in [6.45, 7) is 6.41. The Bertz CT molecular complexity index is 1060. The fraction of sp³-hybridized carbons (Fsp3) is 0.440. The molecule has 2 aliphatic heterocycles. The van der Waals surface area contributed by atoms with Crippen molar-refractivity contribution in [3.63, 3.8) is 0 Å². The molecule has 5 rings (SSSR count). The summed E-state index contributed by atoms with van der Waals surface area (Å²) >= 11 is 0. The lowest BCUT2D eigenvalue weighted by atomic mass is 9.90. The van der Waals surface area contributed by atoms with E-state index < -0.39 is 0 Å². The number of carbonyl (C=O) groups excluding carboxylic acids is 1. The first-order valence-electron chi connectivity index (χ1n) is 11.5. The number of benzene rings is 2. The molecule has 1 aromatic heterocycles. The summed E-state index contributed by atoms with van der Waals surface area (Å²) in [4.78, 5) is 23.4. The summed E-state index contributed by atoms with van der Waals surface area (Å²) < 4.78 is 0. The smallest absolute Gasteiger partial charge is 0.255 e. The Morgan fingerprint density at radius 1 is 1.12 bits per heavy atom. The number of hydrogen-bond acceptors (Lipinski definition) is 4. The summed E-state index contributed by atoms with van der Waals surface area (Å²) in [5.41, 5.74) is 4.69. The quantitative estimate of drug-likeness (QED) is 0.524. The van der Waals surface area contributed by atoms with Gasteiger partial charge in [-0.1, -0.05) is 12.1 Å². The monoisotopic (exact) mass is 453 g/mol. The van der Waals surface area contributed by atoms with Crippen LogP contribution in [0.5, 0.6) is 0 Å². The molecular formula is C25H32ClN5O. The second kappa shape index (κ2) is 10.0. The molecule has 7 heteroatoms. The second-order valence-corrected chi connectivity index (χ2v) is 8.98. The van der Waals surface area contributed by atoms with Gasteiger partial charge in [-0.3, -0.25) is 9.69 Å². The minimum absolute atomic E-state index is 0.